The first-order valence-electron chi connectivity index (χ1n) is 12.5. The van der Waals surface area contributed by atoms with E-state index < -0.39 is 6.04 Å². The van der Waals surface area contributed by atoms with Crippen molar-refractivity contribution in [3.05, 3.63) is 82.3 Å². The average molecular weight is 562 g/mol. The van der Waals surface area contributed by atoms with Crippen LogP contribution in [0, 0.1) is 6.92 Å². The molecule has 206 valence electrons. The predicted molar refractivity (Wildman–Crippen MR) is 149 cm³/mol. The van der Waals surface area contributed by atoms with Crippen LogP contribution in [0.4, 0.5) is 11.6 Å². The smallest absolute Gasteiger partial charge is 0.254 e. The number of aliphatic hydroxyl groups excluding tert-OH is 1. The molecule has 2 amide bonds. The minimum Gasteiger partial charge on any atom is -0.497 e. The first-order chi connectivity index (χ1) is 19.3. The molecule has 1 unspecified atom stereocenters. The van der Waals surface area contributed by atoms with Gasteiger partial charge in [-0.05, 0) is 36.2 Å². The molecule has 0 radical (unpaired) electrons. The van der Waals surface area contributed by atoms with Crippen molar-refractivity contribution in [1.82, 2.24) is 30.0 Å². The van der Waals surface area contributed by atoms with Gasteiger partial charge in [-0.3, -0.25) is 14.3 Å². The second kappa shape index (κ2) is 11.3. The summed E-state index contributed by atoms with van der Waals surface area (Å²) in [6, 6.07) is 11.9. The fourth-order valence-electron chi connectivity index (χ4n) is 4.51. The zero-order chi connectivity index (χ0) is 28.4. The fourth-order valence-corrected chi connectivity index (χ4v) is 4.71. The van der Waals surface area contributed by atoms with E-state index in [1.165, 1.54) is 11.1 Å². The number of aryl methyl sites for hydroxylation is 1. The van der Waals surface area contributed by atoms with Crippen molar-refractivity contribution in [3.63, 3.8) is 0 Å². The quantitative estimate of drug-likeness (QED) is 0.283. The Hall–Kier alpha value is -4.48. The number of carbonyl (C=O) groups is 2. The van der Waals surface area contributed by atoms with Gasteiger partial charge in [-0.1, -0.05) is 35.9 Å². The third-order valence-corrected chi connectivity index (χ3v) is 7.11. The Kier molecular flexibility index (Phi) is 7.67. The minimum atomic E-state index is -0.632. The molecule has 2 aromatic carbocycles. The molecule has 12 heteroatoms. The molecule has 1 aliphatic rings. The first-order valence-corrected chi connectivity index (χ1v) is 12.9. The third-order valence-electron chi connectivity index (χ3n) is 6.84. The number of carbonyl (C=O) groups excluding carboxylic acids is 2. The lowest BCUT2D eigenvalue weighted by atomic mass is 10.0. The van der Waals surface area contributed by atoms with Gasteiger partial charge in [-0.2, -0.15) is 5.10 Å². The monoisotopic (exact) mass is 561 g/mol. The Balaban J connectivity index is 1.30. The van der Waals surface area contributed by atoms with Crippen molar-refractivity contribution in [2.45, 2.75) is 19.5 Å². The van der Waals surface area contributed by atoms with Gasteiger partial charge in [0.25, 0.3) is 5.91 Å². The largest absolute Gasteiger partial charge is 0.497 e. The van der Waals surface area contributed by atoms with Gasteiger partial charge in [0.05, 0.1) is 54.3 Å². The van der Waals surface area contributed by atoms with Gasteiger partial charge in [0.1, 0.15) is 12.3 Å². The molecule has 40 heavy (non-hydrogen) atoms. The van der Waals surface area contributed by atoms with Crippen molar-refractivity contribution in [2.24, 2.45) is 7.05 Å². The zero-order valence-corrected chi connectivity index (χ0v) is 22.9. The number of anilines is 2. The van der Waals surface area contributed by atoms with Crippen molar-refractivity contribution in [3.8, 4) is 17.0 Å². The number of nitrogens with one attached hydrogen (secondary N) is 2. The maximum absolute atomic E-state index is 13.3. The van der Waals surface area contributed by atoms with Gasteiger partial charge in [0, 0.05) is 24.7 Å². The average Bonchev–Trinajstić information content (AvgIpc) is 3.45. The topological polar surface area (TPSA) is 134 Å². The number of ether oxygens (including phenoxy) is 1. The molecule has 5 rings (SSSR count). The maximum Gasteiger partial charge on any atom is 0.254 e. The normalized spacial score (nSPS) is 13.2. The molecular formula is C28H28ClN7O4. The molecule has 1 atom stereocenters. The first kappa shape index (κ1) is 27.1. The summed E-state index contributed by atoms with van der Waals surface area (Å²) in [6.45, 7) is 1.76. The van der Waals surface area contributed by atoms with E-state index in [9.17, 15) is 14.7 Å². The predicted octanol–water partition coefficient (Wildman–Crippen LogP) is 3.40. The van der Waals surface area contributed by atoms with Crippen LogP contribution in [0.3, 0.4) is 0 Å². The molecular weight excluding hydrogens is 534 g/mol. The standard InChI is InChI=1S/C28H28ClN7O4/c1-16-23(12-31-35(16)2)33-28-30-11-22(29)26(34-28)18-7-8-19-13-36(27(39)21(19)10-18)14-25(38)32-24(15-37)17-5-4-6-20(9-17)40-3/h4-12,24,37H,13-15H2,1-3H3,(H,32,38)(H,30,33,34). The number of halogens is 1. The number of hydrogen-bond donors (Lipinski definition) is 3. The van der Waals surface area contributed by atoms with E-state index in [2.05, 4.69) is 25.7 Å². The lowest BCUT2D eigenvalue weighted by Gasteiger charge is -2.20. The Labute approximate surface area is 235 Å². The van der Waals surface area contributed by atoms with Crippen LogP contribution in [0.15, 0.2) is 54.9 Å². The highest BCUT2D eigenvalue weighted by Crippen LogP contribution is 2.32. The number of rotatable bonds is 9. The van der Waals surface area contributed by atoms with Crippen LogP contribution in [-0.2, 0) is 18.4 Å². The summed E-state index contributed by atoms with van der Waals surface area (Å²) < 4.78 is 6.97. The van der Waals surface area contributed by atoms with E-state index in [-0.39, 0.29) is 31.5 Å². The van der Waals surface area contributed by atoms with Gasteiger partial charge >= 0.3 is 0 Å². The molecule has 0 bridgehead atoms. The molecule has 0 saturated heterocycles. The van der Waals surface area contributed by atoms with Crippen LogP contribution < -0.4 is 15.4 Å². The van der Waals surface area contributed by atoms with Crippen LogP contribution in [0.2, 0.25) is 5.02 Å². The summed E-state index contributed by atoms with van der Waals surface area (Å²) >= 11 is 6.44. The second-order valence-electron chi connectivity index (χ2n) is 9.39. The zero-order valence-electron chi connectivity index (χ0n) is 22.2. The van der Waals surface area contributed by atoms with Crippen LogP contribution in [0.1, 0.15) is 33.2 Å². The molecule has 0 saturated carbocycles. The maximum atomic E-state index is 13.3. The third kappa shape index (κ3) is 5.47. The fraction of sp³-hybridized carbons (Fsp3) is 0.250. The number of benzene rings is 2. The summed E-state index contributed by atoms with van der Waals surface area (Å²) in [5, 5.41) is 20.4. The molecule has 2 aromatic heterocycles. The van der Waals surface area contributed by atoms with Crippen LogP contribution in [-0.4, -0.2) is 61.8 Å². The SMILES string of the molecule is COc1cccc(C(CO)NC(=O)CN2Cc3ccc(-c4nc(Nc5cnn(C)c5C)ncc4Cl)cc3C2=O)c1. The second-order valence-corrected chi connectivity index (χ2v) is 9.80. The molecule has 0 aliphatic carbocycles. The van der Waals surface area contributed by atoms with Gasteiger partial charge < -0.3 is 25.4 Å². The number of fused-ring (bicyclic) bond motifs is 1. The van der Waals surface area contributed by atoms with E-state index in [4.69, 9.17) is 16.3 Å². The number of methoxy groups -OCH3 is 1. The lowest BCUT2D eigenvalue weighted by molar-refractivity contribution is -0.122. The van der Waals surface area contributed by atoms with E-state index in [1.807, 2.05) is 26.1 Å². The Bertz CT molecular complexity index is 1590. The number of aromatic nitrogens is 4. The van der Waals surface area contributed by atoms with Gasteiger partial charge in [-0.15, -0.1) is 0 Å². The number of aliphatic hydroxyl groups is 1. The molecule has 0 spiro atoms. The van der Waals surface area contributed by atoms with Gasteiger partial charge in [0.15, 0.2) is 0 Å². The lowest BCUT2D eigenvalue weighted by Crippen LogP contribution is -2.40. The van der Waals surface area contributed by atoms with E-state index >= 15 is 0 Å². The number of nitrogens with zero attached hydrogens (tertiary/aromatic N) is 5. The molecule has 3 N–H and O–H groups in total. The highest BCUT2D eigenvalue weighted by Gasteiger charge is 2.30. The van der Waals surface area contributed by atoms with E-state index in [1.54, 1.807) is 48.3 Å². The van der Waals surface area contributed by atoms with Crippen molar-refractivity contribution in [1.29, 1.82) is 0 Å². The molecule has 0 fully saturated rings. The van der Waals surface area contributed by atoms with Crippen molar-refractivity contribution >= 4 is 35.1 Å². The van der Waals surface area contributed by atoms with Gasteiger partial charge in [-0.25, -0.2) is 9.97 Å². The Morgan fingerprint density at radius 3 is 2.77 bits per heavy atom. The number of amides is 2. The Morgan fingerprint density at radius 1 is 1.23 bits per heavy atom. The van der Waals surface area contributed by atoms with Crippen LogP contribution >= 0.6 is 11.6 Å². The minimum absolute atomic E-state index is 0.157. The van der Waals surface area contributed by atoms with Crippen LogP contribution in [0.5, 0.6) is 5.75 Å². The highest BCUT2D eigenvalue weighted by molar-refractivity contribution is 6.33. The summed E-state index contributed by atoms with van der Waals surface area (Å²) in [7, 11) is 3.39. The summed E-state index contributed by atoms with van der Waals surface area (Å²) in [6.07, 6.45) is 3.19. The van der Waals surface area contributed by atoms with Gasteiger partial charge in [0.2, 0.25) is 11.9 Å². The summed E-state index contributed by atoms with van der Waals surface area (Å²) in [4.78, 5) is 36.4. The Morgan fingerprint density at radius 2 is 2.05 bits per heavy atom. The van der Waals surface area contributed by atoms with E-state index in [0.717, 1.165) is 16.9 Å². The summed E-state index contributed by atoms with van der Waals surface area (Å²) in [5.74, 6) is 0.298. The molecule has 4 aromatic rings. The van der Waals surface area contributed by atoms with Crippen LogP contribution in [0.25, 0.3) is 11.3 Å². The van der Waals surface area contributed by atoms with Crippen molar-refractivity contribution in [2.75, 3.05) is 25.6 Å². The van der Waals surface area contributed by atoms with E-state index in [0.29, 0.717) is 39.1 Å². The highest BCUT2D eigenvalue weighted by atomic mass is 35.5. The number of hydrogen-bond acceptors (Lipinski definition) is 8. The molecule has 11 nitrogen and oxygen atoms in total. The molecule has 3 heterocycles. The summed E-state index contributed by atoms with van der Waals surface area (Å²) in [5.41, 5.74) is 4.77. The molecule has 1 aliphatic heterocycles. The van der Waals surface area contributed by atoms with Crippen molar-refractivity contribution < 1.29 is 19.4 Å².